The smallest absolute Gasteiger partial charge is 0.258 e. The van der Waals surface area contributed by atoms with Gasteiger partial charge in [-0.15, -0.1) is 0 Å². The molecule has 2 aromatic rings. The first-order valence-corrected chi connectivity index (χ1v) is 6.97. The lowest BCUT2D eigenvalue weighted by molar-refractivity contribution is 0.306. The number of hydrogen-bond donors (Lipinski definition) is 1. The zero-order valence-electron chi connectivity index (χ0n) is 11.6. The lowest BCUT2D eigenvalue weighted by atomic mass is 10.2. The lowest BCUT2D eigenvalue weighted by Crippen LogP contribution is -2.30. The van der Waals surface area contributed by atoms with E-state index in [4.69, 9.17) is 10.3 Å². The summed E-state index contributed by atoms with van der Waals surface area (Å²) < 4.78 is 5.30. The van der Waals surface area contributed by atoms with Gasteiger partial charge in [-0.05, 0) is 45.0 Å². The molecule has 1 atom stereocenters. The Bertz CT molecular complexity index is 576. The molecule has 1 aliphatic heterocycles. The molecular weight excluding hydrogens is 254 g/mol. The van der Waals surface area contributed by atoms with Crippen molar-refractivity contribution >= 4 is 0 Å². The maximum Gasteiger partial charge on any atom is 0.258 e. The summed E-state index contributed by atoms with van der Waals surface area (Å²) in [6, 6.07) is 3.58. The van der Waals surface area contributed by atoms with Gasteiger partial charge in [-0.3, -0.25) is 4.98 Å². The van der Waals surface area contributed by atoms with Gasteiger partial charge in [0.1, 0.15) is 0 Å². The molecule has 2 aromatic heterocycles. The van der Waals surface area contributed by atoms with E-state index in [-0.39, 0.29) is 6.04 Å². The summed E-state index contributed by atoms with van der Waals surface area (Å²) in [4.78, 5) is 10.9. The van der Waals surface area contributed by atoms with Crippen LogP contribution in [0, 0.1) is 6.92 Å². The number of aryl methyl sites for hydroxylation is 1. The molecule has 0 spiro atoms. The minimum atomic E-state index is -0.200. The number of pyridine rings is 1. The average molecular weight is 273 g/mol. The largest absolute Gasteiger partial charge is 0.334 e. The zero-order valence-corrected chi connectivity index (χ0v) is 11.6. The first-order valence-electron chi connectivity index (χ1n) is 6.97. The quantitative estimate of drug-likeness (QED) is 0.910. The first kappa shape index (κ1) is 13.2. The molecule has 6 nitrogen and oxygen atoms in total. The lowest BCUT2D eigenvalue weighted by Gasteiger charge is -2.17. The highest BCUT2D eigenvalue weighted by atomic mass is 16.5. The van der Waals surface area contributed by atoms with Gasteiger partial charge >= 0.3 is 0 Å². The van der Waals surface area contributed by atoms with Crippen LogP contribution in [0.1, 0.15) is 30.4 Å². The van der Waals surface area contributed by atoms with Crippen molar-refractivity contribution in [2.24, 2.45) is 5.73 Å². The first-order chi connectivity index (χ1) is 9.72. The van der Waals surface area contributed by atoms with Crippen LogP contribution in [0.25, 0.3) is 11.5 Å². The standard InChI is InChI=1S/C14H19N5O/c1-10-8-11(4-5-16-10)14-17-13(18-20-14)12(15)9-19-6-2-3-7-19/h4-5,8,12H,2-3,6-7,9,15H2,1H3. The second-order valence-corrected chi connectivity index (χ2v) is 5.26. The van der Waals surface area contributed by atoms with Crippen molar-refractivity contribution in [2.75, 3.05) is 19.6 Å². The highest BCUT2D eigenvalue weighted by molar-refractivity contribution is 5.52. The van der Waals surface area contributed by atoms with Crippen molar-refractivity contribution in [2.45, 2.75) is 25.8 Å². The van der Waals surface area contributed by atoms with Crippen LogP contribution in [0.2, 0.25) is 0 Å². The number of likely N-dealkylation sites (tertiary alicyclic amines) is 1. The minimum absolute atomic E-state index is 0.200. The fourth-order valence-electron chi connectivity index (χ4n) is 2.51. The Kier molecular flexibility index (Phi) is 3.75. The summed E-state index contributed by atoms with van der Waals surface area (Å²) in [7, 11) is 0. The van der Waals surface area contributed by atoms with Crippen molar-refractivity contribution in [1.82, 2.24) is 20.0 Å². The molecular formula is C14H19N5O. The predicted octanol–water partition coefficient (Wildman–Crippen LogP) is 1.54. The van der Waals surface area contributed by atoms with E-state index in [1.807, 2.05) is 19.1 Å². The Morgan fingerprint density at radius 3 is 2.95 bits per heavy atom. The maximum atomic E-state index is 6.16. The van der Waals surface area contributed by atoms with Gasteiger partial charge in [0, 0.05) is 24.0 Å². The van der Waals surface area contributed by atoms with Crippen molar-refractivity contribution in [3.63, 3.8) is 0 Å². The molecule has 0 saturated carbocycles. The van der Waals surface area contributed by atoms with Gasteiger partial charge in [0.15, 0.2) is 5.82 Å². The highest BCUT2D eigenvalue weighted by Crippen LogP contribution is 2.20. The SMILES string of the molecule is Cc1cc(-c2nc(C(N)CN3CCCC3)no2)ccn1. The van der Waals surface area contributed by atoms with Crippen LogP contribution in [0.5, 0.6) is 0 Å². The molecule has 0 aromatic carbocycles. The Morgan fingerprint density at radius 2 is 2.20 bits per heavy atom. The Balaban J connectivity index is 1.72. The highest BCUT2D eigenvalue weighted by Gasteiger charge is 2.20. The molecule has 0 amide bonds. The van der Waals surface area contributed by atoms with Crippen LogP contribution in [-0.4, -0.2) is 39.7 Å². The average Bonchev–Trinajstić information content (AvgIpc) is 3.09. The third kappa shape index (κ3) is 2.86. The summed E-state index contributed by atoms with van der Waals surface area (Å²) in [5.74, 6) is 1.07. The van der Waals surface area contributed by atoms with E-state index < -0.39 is 0 Å². The molecule has 6 heteroatoms. The Labute approximate surface area is 118 Å². The van der Waals surface area contributed by atoms with Gasteiger partial charge < -0.3 is 15.2 Å². The predicted molar refractivity (Wildman–Crippen MR) is 74.9 cm³/mol. The van der Waals surface area contributed by atoms with E-state index in [1.54, 1.807) is 6.20 Å². The molecule has 0 bridgehead atoms. The molecule has 3 rings (SSSR count). The van der Waals surface area contributed by atoms with Crippen molar-refractivity contribution in [3.8, 4) is 11.5 Å². The third-order valence-corrected chi connectivity index (χ3v) is 3.57. The van der Waals surface area contributed by atoms with Crippen LogP contribution in [0.4, 0.5) is 0 Å². The number of rotatable bonds is 4. The number of hydrogen-bond acceptors (Lipinski definition) is 6. The van der Waals surface area contributed by atoms with E-state index >= 15 is 0 Å². The molecule has 3 heterocycles. The second-order valence-electron chi connectivity index (χ2n) is 5.26. The molecule has 2 N–H and O–H groups in total. The molecule has 20 heavy (non-hydrogen) atoms. The van der Waals surface area contributed by atoms with E-state index in [0.717, 1.165) is 30.9 Å². The van der Waals surface area contributed by atoms with E-state index in [1.165, 1.54) is 12.8 Å². The normalized spacial score (nSPS) is 17.5. The van der Waals surface area contributed by atoms with Gasteiger partial charge in [0.2, 0.25) is 0 Å². The summed E-state index contributed by atoms with van der Waals surface area (Å²) in [6.45, 7) is 4.94. The molecule has 1 aliphatic rings. The minimum Gasteiger partial charge on any atom is -0.334 e. The molecule has 106 valence electrons. The summed E-state index contributed by atoms with van der Waals surface area (Å²) in [5.41, 5.74) is 7.96. The summed E-state index contributed by atoms with van der Waals surface area (Å²) >= 11 is 0. The fraction of sp³-hybridized carbons (Fsp3) is 0.500. The summed E-state index contributed by atoms with van der Waals surface area (Å²) in [6.07, 6.45) is 4.24. The third-order valence-electron chi connectivity index (χ3n) is 3.57. The zero-order chi connectivity index (χ0) is 13.9. The molecule has 1 fully saturated rings. The van der Waals surface area contributed by atoms with E-state index in [9.17, 15) is 0 Å². The van der Waals surface area contributed by atoms with Crippen LogP contribution in [0.15, 0.2) is 22.9 Å². The topological polar surface area (TPSA) is 81.1 Å². The van der Waals surface area contributed by atoms with Crippen LogP contribution in [0.3, 0.4) is 0 Å². The van der Waals surface area contributed by atoms with Crippen LogP contribution < -0.4 is 5.73 Å². The molecule has 1 saturated heterocycles. The van der Waals surface area contributed by atoms with E-state index in [0.29, 0.717) is 11.7 Å². The number of nitrogens with two attached hydrogens (primary N) is 1. The Morgan fingerprint density at radius 1 is 1.40 bits per heavy atom. The summed E-state index contributed by atoms with van der Waals surface area (Å²) in [5, 5.41) is 4.01. The number of nitrogens with zero attached hydrogens (tertiary/aromatic N) is 4. The molecule has 0 aliphatic carbocycles. The molecule has 1 unspecified atom stereocenters. The van der Waals surface area contributed by atoms with Gasteiger partial charge in [0.05, 0.1) is 6.04 Å². The van der Waals surface area contributed by atoms with Crippen LogP contribution in [-0.2, 0) is 0 Å². The van der Waals surface area contributed by atoms with Gasteiger partial charge in [-0.25, -0.2) is 0 Å². The van der Waals surface area contributed by atoms with Crippen molar-refractivity contribution < 1.29 is 4.52 Å². The fourth-order valence-corrected chi connectivity index (χ4v) is 2.51. The van der Waals surface area contributed by atoms with Gasteiger partial charge in [0.25, 0.3) is 5.89 Å². The monoisotopic (exact) mass is 273 g/mol. The van der Waals surface area contributed by atoms with Gasteiger partial charge in [-0.2, -0.15) is 4.98 Å². The second kappa shape index (κ2) is 5.68. The molecule has 0 radical (unpaired) electrons. The maximum absolute atomic E-state index is 6.16. The number of aromatic nitrogens is 3. The van der Waals surface area contributed by atoms with Gasteiger partial charge in [-0.1, -0.05) is 5.16 Å². The van der Waals surface area contributed by atoms with Crippen LogP contribution >= 0.6 is 0 Å². The van der Waals surface area contributed by atoms with E-state index in [2.05, 4.69) is 20.0 Å². The van der Waals surface area contributed by atoms with Crippen molar-refractivity contribution in [3.05, 3.63) is 29.8 Å². The Hall–Kier alpha value is -1.79. The van der Waals surface area contributed by atoms with Crippen molar-refractivity contribution in [1.29, 1.82) is 0 Å².